The van der Waals surface area contributed by atoms with Gasteiger partial charge in [0.05, 0.1) is 25.9 Å². The number of hydrogen-bond donors (Lipinski definition) is 4. The molecule has 0 spiro atoms. The van der Waals surface area contributed by atoms with Crippen LogP contribution in [0, 0.1) is 0 Å². The average molecular weight is 416 g/mol. The molecule has 0 aliphatic carbocycles. The van der Waals surface area contributed by atoms with Crippen molar-refractivity contribution in [3.8, 4) is 11.5 Å². The van der Waals surface area contributed by atoms with E-state index in [0.717, 1.165) is 10.4 Å². The van der Waals surface area contributed by atoms with Gasteiger partial charge in [-0.05, 0) is 29.1 Å². The van der Waals surface area contributed by atoms with Gasteiger partial charge in [0.2, 0.25) is 0 Å². The van der Waals surface area contributed by atoms with Crippen molar-refractivity contribution in [2.75, 3.05) is 13.7 Å². The fourth-order valence-electron chi connectivity index (χ4n) is 3.83. The lowest BCUT2D eigenvalue weighted by Gasteiger charge is -2.37. The SMILES string of the molecule is COc1cc(O)c([C@@H]2O[C@H](CO)C[C@H](O)[C@H]2O)cc1Cc1cc2ccccc2s1. The molecule has 1 aromatic heterocycles. The lowest BCUT2D eigenvalue weighted by atomic mass is 9.91. The second-order valence-electron chi connectivity index (χ2n) is 7.31. The van der Waals surface area contributed by atoms with Gasteiger partial charge in [-0.15, -0.1) is 11.3 Å². The molecule has 4 rings (SSSR count). The molecule has 4 N–H and O–H groups in total. The third-order valence-electron chi connectivity index (χ3n) is 5.33. The number of hydrogen-bond acceptors (Lipinski definition) is 7. The first-order valence-corrected chi connectivity index (χ1v) is 10.3. The van der Waals surface area contributed by atoms with Gasteiger partial charge in [-0.1, -0.05) is 18.2 Å². The Morgan fingerprint density at radius 1 is 1.17 bits per heavy atom. The number of rotatable bonds is 5. The molecule has 7 heteroatoms. The van der Waals surface area contributed by atoms with Gasteiger partial charge in [-0.25, -0.2) is 0 Å². The molecular weight excluding hydrogens is 392 g/mol. The first-order chi connectivity index (χ1) is 14.0. The van der Waals surface area contributed by atoms with Crippen molar-refractivity contribution in [3.05, 3.63) is 58.5 Å². The van der Waals surface area contributed by atoms with Crippen molar-refractivity contribution in [1.29, 1.82) is 0 Å². The number of aliphatic hydroxyl groups excluding tert-OH is 3. The molecule has 0 bridgehead atoms. The van der Waals surface area contributed by atoms with E-state index in [2.05, 4.69) is 18.2 Å². The molecule has 0 radical (unpaired) electrons. The summed E-state index contributed by atoms with van der Waals surface area (Å²) in [5.41, 5.74) is 1.20. The van der Waals surface area contributed by atoms with E-state index in [0.29, 0.717) is 17.7 Å². The van der Waals surface area contributed by atoms with Crippen LogP contribution in [0.3, 0.4) is 0 Å². The maximum absolute atomic E-state index is 10.5. The minimum atomic E-state index is -1.20. The number of phenols is 1. The minimum absolute atomic E-state index is 0.0863. The van der Waals surface area contributed by atoms with E-state index in [1.165, 1.54) is 16.2 Å². The van der Waals surface area contributed by atoms with Gasteiger partial charge in [0.25, 0.3) is 0 Å². The molecule has 2 aromatic carbocycles. The van der Waals surface area contributed by atoms with Crippen molar-refractivity contribution in [2.45, 2.75) is 37.3 Å². The Bertz CT molecular complexity index is 967. The zero-order chi connectivity index (χ0) is 20.5. The quantitative estimate of drug-likeness (QED) is 0.511. The zero-order valence-electron chi connectivity index (χ0n) is 16.0. The summed E-state index contributed by atoms with van der Waals surface area (Å²) in [6, 6.07) is 13.5. The highest BCUT2D eigenvalue weighted by atomic mass is 32.1. The third-order valence-corrected chi connectivity index (χ3v) is 6.45. The van der Waals surface area contributed by atoms with Gasteiger partial charge < -0.3 is 29.9 Å². The van der Waals surface area contributed by atoms with Gasteiger partial charge in [-0.3, -0.25) is 0 Å². The van der Waals surface area contributed by atoms with Crippen LogP contribution in [0.1, 0.15) is 28.5 Å². The van der Waals surface area contributed by atoms with Crippen molar-refractivity contribution < 1.29 is 29.9 Å². The molecule has 1 aliphatic rings. The number of aliphatic hydroxyl groups is 3. The summed E-state index contributed by atoms with van der Waals surface area (Å²) in [6.07, 6.45) is -3.06. The molecule has 4 atom stereocenters. The topological polar surface area (TPSA) is 99.4 Å². The van der Waals surface area contributed by atoms with Crippen LogP contribution in [0.2, 0.25) is 0 Å². The number of ether oxygens (including phenoxy) is 2. The summed E-state index contributed by atoms with van der Waals surface area (Å²) >= 11 is 1.69. The molecule has 6 nitrogen and oxygen atoms in total. The van der Waals surface area contributed by atoms with Crippen LogP contribution in [0.15, 0.2) is 42.5 Å². The number of methoxy groups -OCH3 is 1. The van der Waals surface area contributed by atoms with Gasteiger partial charge in [-0.2, -0.15) is 0 Å². The maximum atomic E-state index is 10.5. The number of thiophene rings is 1. The molecule has 2 heterocycles. The zero-order valence-corrected chi connectivity index (χ0v) is 16.8. The lowest BCUT2D eigenvalue weighted by Crippen LogP contribution is -2.44. The fraction of sp³-hybridized carbons (Fsp3) is 0.364. The largest absolute Gasteiger partial charge is 0.507 e. The highest BCUT2D eigenvalue weighted by molar-refractivity contribution is 7.19. The van der Waals surface area contributed by atoms with Crippen molar-refractivity contribution in [2.24, 2.45) is 0 Å². The summed E-state index contributed by atoms with van der Waals surface area (Å²) in [5.74, 6) is 0.449. The summed E-state index contributed by atoms with van der Waals surface area (Å²) < 4.78 is 12.4. The Balaban J connectivity index is 1.70. The first-order valence-electron chi connectivity index (χ1n) is 9.49. The van der Waals surface area contributed by atoms with Crippen LogP contribution in [0.5, 0.6) is 11.5 Å². The molecular formula is C22H24O6S. The van der Waals surface area contributed by atoms with E-state index in [1.807, 2.05) is 12.1 Å². The lowest BCUT2D eigenvalue weighted by molar-refractivity contribution is -0.180. The Labute approximate surface area is 172 Å². The van der Waals surface area contributed by atoms with Crippen LogP contribution in [-0.4, -0.2) is 52.5 Å². The van der Waals surface area contributed by atoms with E-state index in [4.69, 9.17) is 9.47 Å². The Morgan fingerprint density at radius 3 is 2.69 bits per heavy atom. The van der Waals surface area contributed by atoms with Crippen molar-refractivity contribution in [3.63, 3.8) is 0 Å². The molecule has 0 saturated carbocycles. The highest BCUT2D eigenvalue weighted by Crippen LogP contribution is 2.40. The van der Waals surface area contributed by atoms with E-state index in [9.17, 15) is 20.4 Å². The van der Waals surface area contributed by atoms with E-state index < -0.39 is 24.4 Å². The van der Waals surface area contributed by atoms with Crippen LogP contribution in [0.25, 0.3) is 10.1 Å². The predicted octanol–water partition coefficient (Wildman–Crippen LogP) is 2.75. The molecule has 0 unspecified atom stereocenters. The summed E-state index contributed by atoms with van der Waals surface area (Å²) in [7, 11) is 1.54. The van der Waals surface area contributed by atoms with Crippen LogP contribution >= 0.6 is 11.3 Å². The van der Waals surface area contributed by atoms with E-state index >= 15 is 0 Å². The van der Waals surface area contributed by atoms with Crippen molar-refractivity contribution >= 4 is 21.4 Å². The van der Waals surface area contributed by atoms with Crippen LogP contribution in [0.4, 0.5) is 0 Å². The minimum Gasteiger partial charge on any atom is -0.507 e. The number of fused-ring (bicyclic) bond motifs is 1. The predicted molar refractivity (Wildman–Crippen MR) is 111 cm³/mol. The van der Waals surface area contributed by atoms with E-state index in [-0.39, 0.29) is 18.8 Å². The second kappa shape index (κ2) is 8.30. The molecule has 3 aromatic rings. The van der Waals surface area contributed by atoms with Gasteiger partial charge in [0.1, 0.15) is 23.7 Å². The van der Waals surface area contributed by atoms with Gasteiger partial charge in [0.15, 0.2) is 0 Å². The summed E-state index contributed by atoms with van der Waals surface area (Å²) in [5, 5.41) is 41.7. The number of phenolic OH excluding ortho intramolecular Hbond substituents is 1. The Kier molecular flexibility index (Phi) is 5.76. The maximum Gasteiger partial charge on any atom is 0.126 e. The fourth-order valence-corrected chi connectivity index (χ4v) is 4.92. The molecule has 0 amide bonds. The van der Waals surface area contributed by atoms with Crippen molar-refractivity contribution in [1.82, 2.24) is 0 Å². The Morgan fingerprint density at radius 2 is 1.97 bits per heavy atom. The highest BCUT2D eigenvalue weighted by Gasteiger charge is 2.39. The second-order valence-corrected chi connectivity index (χ2v) is 8.47. The first kappa shape index (κ1) is 20.1. The smallest absolute Gasteiger partial charge is 0.126 e. The molecule has 29 heavy (non-hydrogen) atoms. The summed E-state index contributed by atoms with van der Waals surface area (Å²) in [6.45, 7) is -0.272. The monoisotopic (exact) mass is 416 g/mol. The molecule has 1 aliphatic heterocycles. The van der Waals surface area contributed by atoms with Crippen LogP contribution in [-0.2, 0) is 11.2 Å². The van der Waals surface area contributed by atoms with E-state index in [1.54, 1.807) is 24.5 Å². The van der Waals surface area contributed by atoms with Crippen LogP contribution < -0.4 is 4.74 Å². The van der Waals surface area contributed by atoms with Gasteiger partial charge >= 0.3 is 0 Å². The number of aromatic hydroxyl groups is 1. The average Bonchev–Trinajstić information content (AvgIpc) is 3.13. The molecule has 1 fully saturated rings. The Hall–Kier alpha value is -2.16. The third kappa shape index (κ3) is 3.97. The van der Waals surface area contributed by atoms with Gasteiger partial charge in [0, 0.05) is 34.0 Å². The molecule has 1 saturated heterocycles. The standard InChI is InChI=1S/C22H24O6S/c1-27-19-10-17(24)16(22-21(26)18(25)9-14(11-23)28-22)8-13(19)7-15-6-12-4-2-3-5-20(12)29-15/h2-6,8,10,14,18,21-26H,7,9,11H2,1H3/t14-,18-,21+,22-/m0/s1. The normalized spacial score (nSPS) is 24.7. The number of benzene rings is 2. The summed E-state index contributed by atoms with van der Waals surface area (Å²) in [4.78, 5) is 1.14. The molecule has 154 valence electrons.